The van der Waals surface area contributed by atoms with Crippen molar-refractivity contribution >= 4 is 34.0 Å². The zero-order valence-electron chi connectivity index (χ0n) is 22.8. The fraction of sp³-hybridized carbons (Fsp3) is 0.536. The molecule has 2 saturated carbocycles. The molecular formula is C28H26ClF7N6O. The number of pyridine rings is 1. The van der Waals surface area contributed by atoms with Crippen LogP contribution < -0.4 is 15.4 Å². The Bertz CT molecular complexity index is 1660. The van der Waals surface area contributed by atoms with Crippen molar-refractivity contribution in [2.75, 3.05) is 37.4 Å². The molecule has 2 aliphatic heterocycles. The maximum atomic E-state index is 16.2. The van der Waals surface area contributed by atoms with Crippen LogP contribution in [0.5, 0.6) is 6.01 Å². The highest BCUT2D eigenvalue weighted by Crippen LogP contribution is 2.69. The number of benzene rings is 1. The number of aromatic nitrogens is 3. The monoisotopic (exact) mass is 630 g/mol. The summed E-state index contributed by atoms with van der Waals surface area (Å²) in [5, 5.41) is -0.702. The van der Waals surface area contributed by atoms with Crippen LogP contribution >= 0.6 is 11.6 Å². The first-order valence-corrected chi connectivity index (χ1v) is 14.2. The number of hydrogen-bond donors (Lipinski definition) is 1. The smallest absolute Gasteiger partial charge is 0.418 e. The Morgan fingerprint density at radius 1 is 1.21 bits per heavy atom. The van der Waals surface area contributed by atoms with Gasteiger partial charge in [0.05, 0.1) is 33.0 Å². The minimum absolute atomic E-state index is 0.0249. The van der Waals surface area contributed by atoms with Crippen LogP contribution in [0.4, 0.5) is 42.2 Å². The fourth-order valence-corrected chi connectivity index (χ4v) is 7.34. The average Bonchev–Trinajstić information content (AvgIpc) is 3.63. The van der Waals surface area contributed by atoms with E-state index in [1.54, 1.807) is 7.05 Å². The topological polar surface area (TPSA) is 80.4 Å². The van der Waals surface area contributed by atoms with Gasteiger partial charge < -0.3 is 15.4 Å². The lowest BCUT2D eigenvalue weighted by Gasteiger charge is -2.31. The molecule has 4 fully saturated rings. The number of rotatable bonds is 6. The lowest BCUT2D eigenvalue weighted by molar-refractivity contribution is -0.137. The average molecular weight is 631 g/mol. The molecule has 0 unspecified atom stereocenters. The van der Waals surface area contributed by atoms with Crippen LogP contribution in [0.3, 0.4) is 0 Å². The highest BCUT2D eigenvalue weighted by Gasteiger charge is 2.77. The van der Waals surface area contributed by atoms with Crippen LogP contribution in [-0.2, 0) is 6.18 Å². The van der Waals surface area contributed by atoms with E-state index in [9.17, 15) is 26.3 Å². The van der Waals surface area contributed by atoms with Gasteiger partial charge in [-0.05, 0) is 37.9 Å². The van der Waals surface area contributed by atoms with Crippen molar-refractivity contribution < 1.29 is 35.5 Å². The van der Waals surface area contributed by atoms with Gasteiger partial charge in [0.2, 0.25) is 0 Å². The van der Waals surface area contributed by atoms with Gasteiger partial charge in [-0.3, -0.25) is 9.88 Å². The third kappa shape index (κ3) is 4.46. The molecule has 3 aromatic rings. The Kier molecular flexibility index (Phi) is 6.12. The first-order chi connectivity index (χ1) is 20.1. The second-order valence-corrected chi connectivity index (χ2v) is 12.6. The van der Waals surface area contributed by atoms with Gasteiger partial charge in [0.1, 0.15) is 29.8 Å². The molecule has 7 nitrogen and oxygen atoms in total. The van der Waals surface area contributed by atoms with Crippen molar-refractivity contribution in [1.29, 1.82) is 0 Å². The Hall–Kier alpha value is -3.13. The van der Waals surface area contributed by atoms with E-state index in [4.69, 9.17) is 22.1 Å². The van der Waals surface area contributed by atoms with E-state index in [1.165, 1.54) is 4.90 Å². The van der Waals surface area contributed by atoms with Crippen molar-refractivity contribution in [2.24, 2.45) is 5.41 Å². The molecule has 0 radical (unpaired) electrons. The number of halogens is 8. The SMILES string of the molecule is CN(c1nc(OC[C@@]23CCCN2C[C@@]2(CC2(F)F)C3)nc2c(F)c(-c3cc(N)cc(Cl)c3C(F)(F)F)ncc12)[C@@H]1C[C@H]1F. The number of nitrogens with two attached hydrogens (primary N) is 1. The number of nitrogen functional groups attached to an aromatic ring is 1. The van der Waals surface area contributed by atoms with Crippen LogP contribution in [0.25, 0.3) is 22.2 Å². The van der Waals surface area contributed by atoms with Gasteiger partial charge in [0.25, 0.3) is 5.92 Å². The van der Waals surface area contributed by atoms with E-state index in [2.05, 4.69) is 15.0 Å². The van der Waals surface area contributed by atoms with Gasteiger partial charge in [-0.15, -0.1) is 0 Å². The highest BCUT2D eigenvalue weighted by molar-refractivity contribution is 6.32. The summed E-state index contributed by atoms with van der Waals surface area (Å²) in [5.74, 6) is -3.88. The van der Waals surface area contributed by atoms with Gasteiger partial charge >= 0.3 is 12.2 Å². The molecule has 2 aromatic heterocycles. The first kappa shape index (κ1) is 28.6. The number of hydrogen-bond acceptors (Lipinski definition) is 7. The lowest BCUT2D eigenvalue weighted by Crippen LogP contribution is -2.43. The molecule has 1 aromatic carbocycles. The summed E-state index contributed by atoms with van der Waals surface area (Å²) >= 11 is 5.89. The third-order valence-electron chi connectivity index (χ3n) is 9.39. The highest BCUT2D eigenvalue weighted by atomic mass is 35.5. The van der Waals surface area contributed by atoms with E-state index < -0.39 is 68.4 Å². The summed E-state index contributed by atoms with van der Waals surface area (Å²) in [6.45, 7) is 0.849. The molecule has 230 valence electrons. The molecule has 2 N–H and O–H groups in total. The molecule has 2 aliphatic carbocycles. The summed E-state index contributed by atoms with van der Waals surface area (Å²) < 4.78 is 107. The Morgan fingerprint density at radius 2 is 1.93 bits per heavy atom. The second kappa shape index (κ2) is 9.19. The molecule has 0 amide bonds. The zero-order chi connectivity index (χ0) is 30.7. The van der Waals surface area contributed by atoms with Gasteiger partial charge in [-0.1, -0.05) is 11.6 Å². The van der Waals surface area contributed by atoms with Crippen LogP contribution in [-0.4, -0.2) is 70.3 Å². The van der Waals surface area contributed by atoms with Crippen molar-refractivity contribution in [2.45, 2.75) is 62.0 Å². The Balaban J connectivity index is 1.31. The van der Waals surface area contributed by atoms with E-state index in [0.29, 0.717) is 13.0 Å². The predicted molar refractivity (Wildman–Crippen MR) is 145 cm³/mol. The molecular weight excluding hydrogens is 605 g/mol. The van der Waals surface area contributed by atoms with Crippen LogP contribution in [0.1, 0.15) is 37.7 Å². The van der Waals surface area contributed by atoms with E-state index >= 15 is 4.39 Å². The van der Waals surface area contributed by atoms with Crippen LogP contribution in [0, 0.1) is 11.2 Å². The standard InChI is InChI=1S/C28H26ClF7N6O/c1-41(18-7-17(18)30)23-15-8-38-21(14-5-13(37)6-16(29)19(14)28(34,35)36)20(31)22(15)39-24(40-23)43-12-26-3-2-4-42(26)11-25(9-26)10-27(25,32)33/h5-6,8,17-18H,2-4,7,9-12,37H2,1H3/t17-,18-,25+,26+/m1/s1. The largest absolute Gasteiger partial charge is 0.461 e. The number of ether oxygens (including phenoxy) is 1. The minimum Gasteiger partial charge on any atom is -0.461 e. The maximum Gasteiger partial charge on any atom is 0.418 e. The fourth-order valence-electron chi connectivity index (χ4n) is 7.01. The van der Waals surface area contributed by atoms with Crippen LogP contribution in [0.15, 0.2) is 18.3 Å². The van der Waals surface area contributed by atoms with E-state index in [-0.39, 0.29) is 55.3 Å². The van der Waals surface area contributed by atoms with Gasteiger partial charge in [0, 0.05) is 43.9 Å². The quantitative estimate of drug-likeness (QED) is 0.254. The van der Waals surface area contributed by atoms with E-state index in [0.717, 1.165) is 24.8 Å². The molecule has 2 saturated heterocycles. The zero-order valence-corrected chi connectivity index (χ0v) is 23.5. The summed E-state index contributed by atoms with van der Waals surface area (Å²) in [5.41, 5.74) is 0.754. The normalized spacial score (nSPS) is 29.3. The number of anilines is 2. The van der Waals surface area contributed by atoms with Gasteiger partial charge in [-0.2, -0.15) is 23.1 Å². The molecule has 7 rings (SSSR count). The number of alkyl halides is 6. The molecule has 4 heterocycles. The third-order valence-corrected chi connectivity index (χ3v) is 9.69. The number of nitrogens with zero attached hydrogens (tertiary/aromatic N) is 5. The van der Waals surface area contributed by atoms with Crippen LogP contribution in [0.2, 0.25) is 5.02 Å². The first-order valence-electron chi connectivity index (χ1n) is 13.8. The van der Waals surface area contributed by atoms with Crippen molar-refractivity contribution in [3.8, 4) is 17.3 Å². The minimum atomic E-state index is -4.96. The lowest BCUT2D eigenvalue weighted by atomic mass is 9.89. The molecule has 4 aliphatic rings. The Morgan fingerprint density at radius 3 is 2.58 bits per heavy atom. The molecule has 1 spiro atoms. The molecule has 15 heteroatoms. The summed E-state index contributed by atoms with van der Waals surface area (Å²) in [4.78, 5) is 16.1. The maximum absolute atomic E-state index is 16.2. The van der Waals surface area contributed by atoms with E-state index in [1.807, 2.05) is 4.90 Å². The second-order valence-electron chi connectivity index (χ2n) is 12.2. The molecule has 4 atom stereocenters. The van der Waals surface area contributed by atoms with Crippen molar-refractivity contribution in [3.05, 3.63) is 34.7 Å². The Labute approximate surface area is 246 Å². The van der Waals surface area contributed by atoms with Crippen molar-refractivity contribution in [1.82, 2.24) is 19.9 Å². The van der Waals surface area contributed by atoms with Crippen molar-refractivity contribution in [3.63, 3.8) is 0 Å². The number of fused-ring (bicyclic) bond motifs is 2. The molecule has 43 heavy (non-hydrogen) atoms. The molecule has 0 bridgehead atoms. The summed E-state index contributed by atoms with van der Waals surface area (Å²) in [6.07, 6.45) is -3.32. The predicted octanol–water partition coefficient (Wildman–Crippen LogP) is 6.27. The van der Waals surface area contributed by atoms with Gasteiger partial charge in [-0.25, -0.2) is 17.6 Å². The van der Waals surface area contributed by atoms with Gasteiger partial charge in [0.15, 0.2) is 5.82 Å². The summed E-state index contributed by atoms with van der Waals surface area (Å²) in [6, 6.07) is 0.960. The summed E-state index contributed by atoms with van der Waals surface area (Å²) in [7, 11) is 1.55.